The monoisotopic (exact) mass is 582 g/mol. The molecule has 178 valence electrons. The zero-order valence-corrected chi connectivity index (χ0v) is 20.8. The number of hydrogen-bond acceptors (Lipinski definition) is 4. The third-order valence-electron chi connectivity index (χ3n) is 6.61. The fourth-order valence-corrected chi connectivity index (χ4v) is 5.88. The highest BCUT2D eigenvalue weighted by molar-refractivity contribution is 14.1. The normalized spacial score (nSPS) is 27.4. The second-order valence-corrected chi connectivity index (χ2v) is 10.2. The van der Waals surface area contributed by atoms with Crippen LogP contribution in [0.25, 0.3) is 0 Å². The molecule has 0 aromatic heterocycles. The molecule has 3 N–H and O–H groups in total. The van der Waals surface area contributed by atoms with Gasteiger partial charge in [0.15, 0.2) is 5.41 Å². The number of benzene rings is 1. The average Bonchev–Trinajstić information content (AvgIpc) is 3.44. The largest absolute Gasteiger partial charge is 0.401 e. The number of carbonyl (C=O) groups is 2. The van der Waals surface area contributed by atoms with Crippen molar-refractivity contribution in [3.05, 3.63) is 56.7 Å². The van der Waals surface area contributed by atoms with Gasteiger partial charge in [0.2, 0.25) is 11.8 Å². The Labute approximate surface area is 208 Å². The molecular formula is C24H22F3IN4O2. The number of nitrogens with zero attached hydrogens (tertiary/aromatic N) is 2. The van der Waals surface area contributed by atoms with Gasteiger partial charge in [0.05, 0.1) is 18.1 Å². The molecule has 10 heteroatoms. The molecule has 0 radical (unpaired) electrons. The Hall–Kier alpha value is -2.86. The van der Waals surface area contributed by atoms with Crippen molar-refractivity contribution in [2.45, 2.75) is 50.2 Å². The molecule has 1 saturated carbocycles. The topological polar surface area (TPSA) is 120 Å². The Balaban J connectivity index is 2.21. The van der Waals surface area contributed by atoms with E-state index >= 15 is 0 Å². The molecule has 6 nitrogen and oxygen atoms in total. The van der Waals surface area contributed by atoms with Crippen LogP contribution in [0.3, 0.4) is 0 Å². The van der Waals surface area contributed by atoms with Gasteiger partial charge in [-0.2, -0.15) is 23.7 Å². The summed E-state index contributed by atoms with van der Waals surface area (Å²) in [5.74, 6) is -2.28. The standard InChI is InChI=1S/C24H22F3IN4O2/c1-13(2)32-19(33)18-17(28)5-4-8-22(18,20(31)34)16-7-6-15(9-14(16)3)23(24(25,26)27)10-21(23,11-29)12-30/h4-9,13,18H,10H2,1-3H3,(H2,31,34)(H,32,33). The number of allylic oxidation sites excluding steroid dienone is 2. The highest BCUT2D eigenvalue weighted by Gasteiger charge is 2.82. The average molecular weight is 582 g/mol. The third-order valence-corrected chi connectivity index (χ3v) is 7.59. The molecule has 2 aliphatic rings. The first kappa shape index (κ1) is 25.8. The van der Waals surface area contributed by atoms with E-state index < -0.39 is 46.6 Å². The van der Waals surface area contributed by atoms with E-state index in [4.69, 9.17) is 5.73 Å². The molecule has 3 atom stereocenters. The van der Waals surface area contributed by atoms with Crippen molar-refractivity contribution < 1.29 is 22.8 Å². The minimum absolute atomic E-state index is 0.219. The minimum atomic E-state index is -4.84. The van der Waals surface area contributed by atoms with Crippen LogP contribution in [-0.2, 0) is 20.4 Å². The minimum Gasteiger partial charge on any atom is -0.369 e. The molecule has 1 fully saturated rings. The van der Waals surface area contributed by atoms with Crippen molar-refractivity contribution in [1.82, 2.24) is 5.32 Å². The van der Waals surface area contributed by atoms with Gasteiger partial charge in [-0.1, -0.05) is 36.4 Å². The Kier molecular flexibility index (Phi) is 6.38. The number of rotatable bonds is 5. The molecule has 2 amide bonds. The van der Waals surface area contributed by atoms with Crippen LogP contribution in [0.4, 0.5) is 13.2 Å². The van der Waals surface area contributed by atoms with E-state index in [0.717, 1.165) is 0 Å². The highest BCUT2D eigenvalue weighted by Crippen LogP contribution is 2.71. The predicted molar refractivity (Wildman–Crippen MR) is 126 cm³/mol. The van der Waals surface area contributed by atoms with E-state index in [-0.39, 0.29) is 22.7 Å². The molecule has 0 heterocycles. The number of nitriles is 2. The van der Waals surface area contributed by atoms with Crippen molar-refractivity contribution in [3.8, 4) is 12.1 Å². The summed E-state index contributed by atoms with van der Waals surface area (Å²) in [6, 6.07) is 6.61. The first-order valence-corrected chi connectivity index (χ1v) is 11.5. The van der Waals surface area contributed by atoms with Crippen molar-refractivity contribution in [1.29, 1.82) is 10.5 Å². The molecule has 1 aromatic carbocycles. The lowest BCUT2D eigenvalue weighted by atomic mass is 9.65. The maximum atomic E-state index is 14.1. The summed E-state index contributed by atoms with van der Waals surface area (Å²) in [5.41, 5.74) is -0.304. The number of carbonyl (C=O) groups excluding carboxylic acids is 2. The number of amides is 2. The number of primary amides is 1. The van der Waals surface area contributed by atoms with Crippen LogP contribution in [0.15, 0.2) is 40.0 Å². The van der Waals surface area contributed by atoms with Gasteiger partial charge in [-0.3, -0.25) is 9.59 Å². The zero-order valence-electron chi connectivity index (χ0n) is 18.6. The summed E-state index contributed by atoms with van der Waals surface area (Å²) < 4.78 is 42.9. The van der Waals surface area contributed by atoms with Gasteiger partial charge in [-0.25, -0.2) is 0 Å². The summed E-state index contributed by atoms with van der Waals surface area (Å²) in [5, 5.41) is 21.5. The molecule has 0 spiro atoms. The number of nitrogens with two attached hydrogens (primary N) is 1. The van der Waals surface area contributed by atoms with Gasteiger partial charge in [0.25, 0.3) is 0 Å². The van der Waals surface area contributed by atoms with Gasteiger partial charge >= 0.3 is 6.18 Å². The van der Waals surface area contributed by atoms with Crippen molar-refractivity contribution in [3.63, 3.8) is 0 Å². The van der Waals surface area contributed by atoms with Gasteiger partial charge in [-0.05, 0) is 60.1 Å². The smallest absolute Gasteiger partial charge is 0.369 e. The molecule has 2 aliphatic carbocycles. The van der Waals surface area contributed by atoms with Crippen LogP contribution in [0.2, 0.25) is 0 Å². The van der Waals surface area contributed by atoms with Crippen LogP contribution in [0.1, 0.15) is 37.0 Å². The van der Waals surface area contributed by atoms with E-state index in [1.807, 2.05) is 22.6 Å². The van der Waals surface area contributed by atoms with Crippen LogP contribution >= 0.6 is 22.6 Å². The van der Waals surface area contributed by atoms with Crippen LogP contribution < -0.4 is 11.1 Å². The Morgan fingerprint density at radius 1 is 1.26 bits per heavy atom. The molecule has 0 aliphatic heterocycles. The zero-order chi connectivity index (χ0) is 25.7. The molecule has 3 unspecified atom stereocenters. The second-order valence-electron chi connectivity index (χ2n) is 8.98. The fraction of sp³-hybridized carbons (Fsp3) is 0.417. The Morgan fingerprint density at radius 3 is 2.32 bits per heavy atom. The van der Waals surface area contributed by atoms with E-state index in [2.05, 4.69) is 5.32 Å². The quantitative estimate of drug-likeness (QED) is 0.511. The van der Waals surface area contributed by atoms with Crippen molar-refractivity contribution >= 4 is 34.4 Å². The molecule has 34 heavy (non-hydrogen) atoms. The number of alkyl halides is 3. The molecule has 0 saturated heterocycles. The van der Waals surface area contributed by atoms with Crippen LogP contribution in [-0.4, -0.2) is 24.0 Å². The summed E-state index contributed by atoms with van der Waals surface area (Å²) in [7, 11) is 0. The lowest BCUT2D eigenvalue weighted by Gasteiger charge is -2.38. The van der Waals surface area contributed by atoms with E-state index in [0.29, 0.717) is 3.58 Å². The lowest BCUT2D eigenvalue weighted by molar-refractivity contribution is -0.165. The third kappa shape index (κ3) is 3.50. The predicted octanol–water partition coefficient (Wildman–Crippen LogP) is 3.98. The number of halogens is 4. The Morgan fingerprint density at radius 2 is 1.88 bits per heavy atom. The molecule has 0 bridgehead atoms. The first-order chi connectivity index (χ1) is 15.7. The first-order valence-electron chi connectivity index (χ1n) is 10.4. The number of aryl methyl sites for hydroxylation is 1. The van der Waals surface area contributed by atoms with Gasteiger partial charge in [-0.15, -0.1) is 0 Å². The van der Waals surface area contributed by atoms with E-state index in [1.165, 1.54) is 43.3 Å². The van der Waals surface area contributed by atoms with E-state index in [1.54, 1.807) is 26.0 Å². The lowest BCUT2D eigenvalue weighted by Crippen LogP contribution is -2.53. The summed E-state index contributed by atoms with van der Waals surface area (Å²) in [6.45, 7) is 5.05. The van der Waals surface area contributed by atoms with Gasteiger partial charge < -0.3 is 11.1 Å². The molecular weight excluding hydrogens is 560 g/mol. The molecule has 1 aromatic rings. The van der Waals surface area contributed by atoms with Crippen LogP contribution in [0, 0.1) is 40.9 Å². The van der Waals surface area contributed by atoms with Crippen LogP contribution in [0.5, 0.6) is 0 Å². The molecule has 3 rings (SSSR count). The summed E-state index contributed by atoms with van der Waals surface area (Å²) in [4.78, 5) is 26.1. The highest BCUT2D eigenvalue weighted by atomic mass is 127. The second kappa shape index (κ2) is 8.42. The summed E-state index contributed by atoms with van der Waals surface area (Å²) in [6.07, 6.45) is -0.747. The number of nitrogens with one attached hydrogen (secondary N) is 1. The van der Waals surface area contributed by atoms with Crippen molar-refractivity contribution in [2.75, 3.05) is 0 Å². The summed E-state index contributed by atoms with van der Waals surface area (Å²) >= 11 is 1.95. The maximum absolute atomic E-state index is 14.1. The van der Waals surface area contributed by atoms with Gasteiger partial charge in [0.1, 0.15) is 10.8 Å². The van der Waals surface area contributed by atoms with E-state index in [9.17, 15) is 33.3 Å². The number of hydrogen-bond donors (Lipinski definition) is 2. The maximum Gasteiger partial charge on any atom is 0.401 e. The SMILES string of the molecule is Cc1cc(C2(C(F)(F)F)CC2(C#N)C#N)ccc1C1(C(N)=O)C=CC=C(I)C1C(=O)NC(C)C. The van der Waals surface area contributed by atoms with Gasteiger partial charge in [0, 0.05) is 16.0 Å². The van der Waals surface area contributed by atoms with Crippen molar-refractivity contribution in [2.24, 2.45) is 17.1 Å². The Bertz CT molecular complexity index is 1190. The fourth-order valence-electron chi connectivity index (χ4n) is 4.90.